The summed E-state index contributed by atoms with van der Waals surface area (Å²) in [5.74, 6) is 1.07. The number of aromatic nitrogens is 2. The molecule has 1 saturated heterocycles. The van der Waals surface area contributed by atoms with Crippen LogP contribution in [0.3, 0.4) is 0 Å². The lowest BCUT2D eigenvalue weighted by atomic mass is 9.99. The fraction of sp³-hybridized carbons (Fsp3) is 0.308. The Labute approximate surface area is 213 Å². The highest BCUT2D eigenvalue weighted by atomic mass is 32.2. The number of ether oxygens (including phenoxy) is 1. The summed E-state index contributed by atoms with van der Waals surface area (Å²) in [4.78, 5) is 37.0. The van der Waals surface area contributed by atoms with Gasteiger partial charge in [0, 0.05) is 36.6 Å². The van der Waals surface area contributed by atoms with E-state index in [1.165, 1.54) is 11.8 Å². The molecule has 0 bridgehead atoms. The van der Waals surface area contributed by atoms with E-state index in [4.69, 9.17) is 4.74 Å². The zero-order chi connectivity index (χ0) is 24.6. The molecule has 36 heavy (non-hydrogen) atoms. The number of aryl methyl sites for hydroxylation is 1. The van der Waals surface area contributed by atoms with Crippen LogP contribution in [0.1, 0.15) is 30.0 Å². The molecule has 2 unspecified atom stereocenters. The summed E-state index contributed by atoms with van der Waals surface area (Å²) in [6.45, 7) is 3.68. The van der Waals surface area contributed by atoms with E-state index in [2.05, 4.69) is 25.9 Å². The van der Waals surface area contributed by atoms with E-state index in [0.29, 0.717) is 11.6 Å². The predicted octanol–water partition coefficient (Wildman–Crippen LogP) is 3.82. The number of amides is 3. The van der Waals surface area contributed by atoms with Crippen LogP contribution in [0.5, 0.6) is 11.6 Å². The second-order valence-corrected chi connectivity index (χ2v) is 10.3. The summed E-state index contributed by atoms with van der Waals surface area (Å²) < 4.78 is 5.85. The van der Waals surface area contributed by atoms with Gasteiger partial charge in [0.25, 0.3) is 0 Å². The van der Waals surface area contributed by atoms with E-state index in [-0.39, 0.29) is 18.0 Å². The Balaban J connectivity index is 1.27. The lowest BCUT2D eigenvalue weighted by Gasteiger charge is -2.35. The lowest BCUT2D eigenvalue weighted by Crippen LogP contribution is -2.52. The molecule has 5 heterocycles. The molecule has 9 nitrogen and oxygen atoms in total. The van der Waals surface area contributed by atoms with Gasteiger partial charge in [-0.2, -0.15) is 0 Å². The Morgan fingerprint density at radius 2 is 2.08 bits per heavy atom. The van der Waals surface area contributed by atoms with Crippen molar-refractivity contribution in [2.45, 2.75) is 42.1 Å². The van der Waals surface area contributed by atoms with E-state index in [0.717, 1.165) is 53.5 Å². The van der Waals surface area contributed by atoms with Crippen LogP contribution >= 0.6 is 11.8 Å². The van der Waals surface area contributed by atoms with Crippen LogP contribution in [0.2, 0.25) is 0 Å². The van der Waals surface area contributed by atoms with Crippen molar-refractivity contribution in [1.82, 2.24) is 25.9 Å². The van der Waals surface area contributed by atoms with Crippen molar-refractivity contribution in [2.24, 2.45) is 0 Å². The molecule has 184 valence electrons. The third-order valence-corrected chi connectivity index (χ3v) is 7.97. The number of piperidine rings is 1. The highest BCUT2D eigenvalue weighted by molar-refractivity contribution is 8.01. The largest absolute Gasteiger partial charge is 0.439 e. The fourth-order valence-electron chi connectivity index (χ4n) is 4.99. The molecule has 0 saturated carbocycles. The molecule has 1 aromatic carbocycles. The minimum atomic E-state index is -0.461. The molecule has 3 aliphatic rings. The van der Waals surface area contributed by atoms with Crippen molar-refractivity contribution in [3.05, 3.63) is 66.0 Å². The number of pyridine rings is 2. The summed E-state index contributed by atoms with van der Waals surface area (Å²) in [6.07, 6.45) is 5.36. The summed E-state index contributed by atoms with van der Waals surface area (Å²) in [5, 5.41) is 9.88. The molecule has 0 radical (unpaired) electrons. The van der Waals surface area contributed by atoms with Crippen LogP contribution in [0, 0.1) is 6.92 Å². The predicted molar refractivity (Wildman–Crippen MR) is 137 cm³/mol. The van der Waals surface area contributed by atoms with E-state index in [1.807, 2.05) is 43.3 Å². The summed E-state index contributed by atoms with van der Waals surface area (Å²) >= 11 is 1.41. The SMILES string of the molecule is Cc1cc(Oc2ccccn2)ccc1N1C(=O)NC2c3c1ccnc3S[C@H]2C(=O)NC1CCCNC1. The Morgan fingerprint density at radius 3 is 2.86 bits per heavy atom. The van der Waals surface area contributed by atoms with E-state index < -0.39 is 11.3 Å². The first-order chi connectivity index (χ1) is 17.6. The van der Waals surface area contributed by atoms with Crippen molar-refractivity contribution in [1.29, 1.82) is 0 Å². The second kappa shape index (κ2) is 9.44. The molecule has 3 aromatic rings. The van der Waals surface area contributed by atoms with Crippen molar-refractivity contribution in [3.8, 4) is 11.6 Å². The molecule has 3 N–H and O–H groups in total. The zero-order valence-corrected chi connectivity index (χ0v) is 20.5. The van der Waals surface area contributed by atoms with Gasteiger partial charge in [0.05, 0.1) is 17.4 Å². The third kappa shape index (κ3) is 4.16. The number of carbonyl (C=O) groups excluding carboxylic acids is 2. The molecule has 1 fully saturated rings. The molecular formula is C26H26N6O3S. The van der Waals surface area contributed by atoms with Gasteiger partial charge in [-0.15, -0.1) is 0 Å². The van der Waals surface area contributed by atoms with Crippen molar-refractivity contribution in [2.75, 3.05) is 18.0 Å². The second-order valence-electron chi connectivity index (χ2n) is 9.12. The highest BCUT2D eigenvalue weighted by Gasteiger charge is 2.47. The molecule has 3 atom stereocenters. The Hall–Kier alpha value is -3.63. The van der Waals surface area contributed by atoms with Gasteiger partial charge >= 0.3 is 6.03 Å². The minimum Gasteiger partial charge on any atom is -0.439 e. The minimum absolute atomic E-state index is 0.0661. The molecule has 0 aliphatic carbocycles. The summed E-state index contributed by atoms with van der Waals surface area (Å²) in [5.41, 5.74) is 3.24. The summed E-state index contributed by atoms with van der Waals surface area (Å²) in [6, 6.07) is 12.3. The van der Waals surface area contributed by atoms with E-state index in [1.54, 1.807) is 23.4 Å². The molecule has 3 amide bonds. The fourth-order valence-corrected chi connectivity index (χ4v) is 6.23. The van der Waals surface area contributed by atoms with Crippen LogP contribution in [0.4, 0.5) is 16.2 Å². The smallest absolute Gasteiger partial charge is 0.327 e. The van der Waals surface area contributed by atoms with E-state index in [9.17, 15) is 9.59 Å². The molecular weight excluding hydrogens is 476 g/mol. The zero-order valence-electron chi connectivity index (χ0n) is 19.7. The van der Waals surface area contributed by atoms with Gasteiger partial charge in [-0.1, -0.05) is 17.8 Å². The number of nitrogens with zero attached hydrogens (tertiary/aromatic N) is 3. The van der Waals surface area contributed by atoms with Crippen LogP contribution < -0.4 is 25.6 Å². The van der Waals surface area contributed by atoms with Crippen LogP contribution in [0.25, 0.3) is 0 Å². The number of hydrogen-bond acceptors (Lipinski definition) is 7. The van der Waals surface area contributed by atoms with Gasteiger partial charge < -0.3 is 20.7 Å². The number of thioether (sulfide) groups is 1. The molecule has 0 spiro atoms. The molecule has 2 aromatic heterocycles. The number of rotatable bonds is 5. The molecule has 10 heteroatoms. The Bertz CT molecular complexity index is 1310. The van der Waals surface area contributed by atoms with Crippen molar-refractivity contribution < 1.29 is 14.3 Å². The van der Waals surface area contributed by atoms with Gasteiger partial charge in [-0.05, 0) is 62.2 Å². The number of carbonyl (C=O) groups is 2. The average molecular weight is 503 g/mol. The normalized spacial score (nSPS) is 22.5. The number of benzene rings is 1. The summed E-state index contributed by atoms with van der Waals surface area (Å²) in [7, 11) is 0. The highest BCUT2D eigenvalue weighted by Crippen LogP contribution is 2.51. The van der Waals surface area contributed by atoms with Crippen molar-refractivity contribution >= 4 is 35.1 Å². The molecule has 6 rings (SSSR count). The maximum Gasteiger partial charge on any atom is 0.327 e. The standard InChI is InChI=1S/C26H26N6O3S/c1-15-13-17(35-20-6-2-3-11-28-20)7-8-18(15)32-19-9-12-29-25-21(19)22(31-26(32)34)23(36-25)24(33)30-16-5-4-10-27-14-16/h2-3,6-9,11-13,16,22-23,27H,4-5,10,14H2,1H3,(H,30,33)(H,31,34)/t16?,22?,23-/m1/s1. The lowest BCUT2D eigenvalue weighted by molar-refractivity contribution is -0.121. The Kier molecular flexibility index (Phi) is 5.98. The third-order valence-electron chi connectivity index (χ3n) is 6.68. The topological polar surface area (TPSA) is 108 Å². The first kappa shape index (κ1) is 22.8. The number of nitrogens with one attached hydrogen (secondary N) is 3. The van der Waals surface area contributed by atoms with Gasteiger partial charge in [-0.25, -0.2) is 14.8 Å². The van der Waals surface area contributed by atoms with Crippen LogP contribution in [-0.4, -0.2) is 46.3 Å². The van der Waals surface area contributed by atoms with Gasteiger partial charge in [-0.3, -0.25) is 9.69 Å². The van der Waals surface area contributed by atoms with E-state index >= 15 is 0 Å². The first-order valence-corrected chi connectivity index (χ1v) is 12.9. The van der Waals surface area contributed by atoms with Gasteiger partial charge in [0.15, 0.2) is 0 Å². The number of hydrogen-bond donors (Lipinski definition) is 3. The first-order valence-electron chi connectivity index (χ1n) is 12.1. The number of urea groups is 1. The van der Waals surface area contributed by atoms with Gasteiger partial charge in [0.1, 0.15) is 16.0 Å². The monoisotopic (exact) mass is 502 g/mol. The van der Waals surface area contributed by atoms with Crippen LogP contribution in [0.15, 0.2) is 59.9 Å². The quantitative estimate of drug-likeness (QED) is 0.487. The average Bonchev–Trinajstić information content (AvgIpc) is 3.26. The maximum absolute atomic E-state index is 13.4. The Morgan fingerprint density at radius 1 is 1.17 bits per heavy atom. The van der Waals surface area contributed by atoms with Gasteiger partial charge in [0.2, 0.25) is 11.8 Å². The van der Waals surface area contributed by atoms with Crippen LogP contribution in [-0.2, 0) is 4.79 Å². The molecule has 3 aliphatic heterocycles. The number of anilines is 2. The van der Waals surface area contributed by atoms with Crippen molar-refractivity contribution in [3.63, 3.8) is 0 Å². The maximum atomic E-state index is 13.4.